The molecule has 0 atom stereocenters. The van der Waals surface area contributed by atoms with Crippen LogP contribution in [0.5, 0.6) is 0 Å². The fourth-order valence-electron chi connectivity index (χ4n) is 1.35. The van der Waals surface area contributed by atoms with Gasteiger partial charge < -0.3 is 23.3 Å². The van der Waals surface area contributed by atoms with Crippen LogP contribution in [0.1, 0.15) is 0 Å². The third kappa shape index (κ3) is 4.92. The quantitative estimate of drug-likeness (QED) is 0.453. The standard InChI is InChI=1S/C10H14F9NO5Si/c1-22-26(23-2,24-3)5-20-6(21)25-4-7(11,12)8(13,14)9(15,16)10(17,18)19/h4-5H2,1-3H3,(H,20,21). The Morgan fingerprint density at radius 2 is 1.27 bits per heavy atom. The molecule has 0 unspecified atom stereocenters. The molecule has 26 heavy (non-hydrogen) atoms. The van der Waals surface area contributed by atoms with Crippen LogP contribution in [0.25, 0.3) is 0 Å². The second-order valence-corrected chi connectivity index (χ2v) is 7.52. The van der Waals surface area contributed by atoms with Crippen molar-refractivity contribution < 1.29 is 62.3 Å². The van der Waals surface area contributed by atoms with E-state index in [4.69, 9.17) is 13.3 Å². The molecular formula is C10H14F9NO5Si. The van der Waals surface area contributed by atoms with Crippen molar-refractivity contribution in [1.82, 2.24) is 5.32 Å². The van der Waals surface area contributed by atoms with E-state index in [0.29, 0.717) is 0 Å². The van der Waals surface area contributed by atoms with Crippen LogP contribution in [0, 0.1) is 0 Å². The molecule has 0 rings (SSSR count). The lowest BCUT2D eigenvalue weighted by Crippen LogP contribution is -2.62. The van der Waals surface area contributed by atoms with E-state index in [0.717, 1.165) is 21.3 Å². The zero-order valence-electron chi connectivity index (χ0n) is 13.4. The van der Waals surface area contributed by atoms with Gasteiger partial charge in [0, 0.05) is 21.3 Å². The van der Waals surface area contributed by atoms with Crippen molar-refractivity contribution in [3.05, 3.63) is 0 Å². The summed E-state index contributed by atoms with van der Waals surface area (Å²) >= 11 is 0. The molecule has 0 aromatic heterocycles. The number of ether oxygens (including phenoxy) is 1. The number of alkyl carbamates (subject to hydrolysis) is 1. The first-order chi connectivity index (χ1) is 11.5. The van der Waals surface area contributed by atoms with Gasteiger partial charge in [-0.05, 0) is 0 Å². The second-order valence-electron chi connectivity index (χ2n) is 4.58. The summed E-state index contributed by atoms with van der Waals surface area (Å²) in [6.07, 6.45) is -9.39. The third-order valence-electron chi connectivity index (χ3n) is 2.98. The smallest absolute Gasteiger partial charge is 0.443 e. The molecule has 0 radical (unpaired) electrons. The first-order valence-electron chi connectivity index (χ1n) is 6.30. The third-order valence-corrected chi connectivity index (χ3v) is 5.45. The highest BCUT2D eigenvalue weighted by atomic mass is 28.4. The highest BCUT2D eigenvalue weighted by Gasteiger charge is 2.82. The average Bonchev–Trinajstić information content (AvgIpc) is 2.53. The summed E-state index contributed by atoms with van der Waals surface area (Å²) in [7, 11) is -0.171. The summed E-state index contributed by atoms with van der Waals surface area (Å²) in [5.41, 5.74) is 0. The monoisotopic (exact) mass is 427 g/mol. The summed E-state index contributed by atoms with van der Waals surface area (Å²) in [4.78, 5) is 11.2. The van der Waals surface area contributed by atoms with Crippen molar-refractivity contribution in [2.45, 2.75) is 23.9 Å². The van der Waals surface area contributed by atoms with E-state index in [1.807, 2.05) is 0 Å². The Balaban J connectivity index is 5.00. The molecule has 1 N–H and O–H groups in total. The van der Waals surface area contributed by atoms with Crippen LogP contribution in [0.3, 0.4) is 0 Å². The molecule has 1 amide bonds. The van der Waals surface area contributed by atoms with Crippen LogP contribution in [-0.4, -0.2) is 72.9 Å². The van der Waals surface area contributed by atoms with Gasteiger partial charge in [0.2, 0.25) is 0 Å². The van der Waals surface area contributed by atoms with Crippen LogP contribution in [-0.2, 0) is 18.0 Å². The molecule has 16 heteroatoms. The molecule has 0 aliphatic heterocycles. The fourth-order valence-corrected chi connectivity index (χ4v) is 2.65. The van der Waals surface area contributed by atoms with E-state index in [1.54, 1.807) is 5.32 Å². The van der Waals surface area contributed by atoms with Crippen molar-refractivity contribution in [2.24, 2.45) is 0 Å². The molecule has 0 saturated heterocycles. The molecule has 0 aliphatic rings. The minimum Gasteiger partial charge on any atom is -0.443 e. The summed E-state index contributed by atoms with van der Waals surface area (Å²) in [5.74, 6) is -20.0. The maximum Gasteiger partial charge on any atom is 0.520 e. The van der Waals surface area contributed by atoms with Crippen LogP contribution in [0.2, 0.25) is 0 Å². The predicted octanol–water partition coefficient (Wildman–Crippen LogP) is 2.60. The molecule has 0 heterocycles. The lowest BCUT2D eigenvalue weighted by molar-refractivity contribution is -0.398. The zero-order chi connectivity index (χ0) is 21.0. The molecule has 0 aliphatic carbocycles. The number of hydrogen-bond donors (Lipinski definition) is 1. The molecule has 0 aromatic carbocycles. The van der Waals surface area contributed by atoms with Crippen molar-refractivity contribution in [3.8, 4) is 0 Å². The topological polar surface area (TPSA) is 66.0 Å². The molecule has 0 spiro atoms. The number of hydrogen-bond acceptors (Lipinski definition) is 5. The van der Waals surface area contributed by atoms with E-state index in [2.05, 4.69) is 4.74 Å². The normalized spacial score (nSPS) is 14.3. The highest BCUT2D eigenvalue weighted by molar-refractivity contribution is 6.61. The Kier molecular flexibility index (Phi) is 7.78. The van der Waals surface area contributed by atoms with Gasteiger partial charge in [0.25, 0.3) is 0 Å². The summed E-state index contributed by atoms with van der Waals surface area (Å²) in [6, 6.07) is 0. The Bertz CT molecular complexity index is 476. The van der Waals surface area contributed by atoms with Gasteiger partial charge in [-0.3, -0.25) is 0 Å². The minimum absolute atomic E-state index is 0.601. The van der Waals surface area contributed by atoms with Crippen LogP contribution >= 0.6 is 0 Å². The van der Waals surface area contributed by atoms with Gasteiger partial charge >= 0.3 is 38.8 Å². The van der Waals surface area contributed by atoms with E-state index in [9.17, 15) is 44.3 Å². The summed E-state index contributed by atoms with van der Waals surface area (Å²) in [6.45, 7) is -2.75. The van der Waals surface area contributed by atoms with Crippen molar-refractivity contribution in [3.63, 3.8) is 0 Å². The number of rotatable bonds is 9. The number of halogens is 9. The van der Waals surface area contributed by atoms with E-state index in [-0.39, 0.29) is 0 Å². The van der Waals surface area contributed by atoms with Gasteiger partial charge in [0.15, 0.2) is 6.61 Å². The number of nitrogens with one attached hydrogen (secondary N) is 1. The average molecular weight is 427 g/mol. The Morgan fingerprint density at radius 1 is 0.846 bits per heavy atom. The fraction of sp³-hybridized carbons (Fsp3) is 0.900. The molecular weight excluding hydrogens is 413 g/mol. The van der Waals surface area contributed by atoms with Crippen molar-refractivity contribution in [2.75, 3.05) is 34.1 Å². The van der Waals surface area contributed by atoms with Gasteiger partial charge in [-0.2, -0.15) is 39.5 Å². The van der Waals surface area contributed by atoms with Crippen LogP contribution in [0.15, 0.2) is 0 Å². The lowest BCUT2D eigenvalue weighted by Gasteiger charge is -2.33. The van der Waals surface area contributed by atoms with E-state index >= 15 is 0 Å². The number of carbonyl (C=O) groups excluding carboxylic acids is 1. The lowest BCUT2D eigenvalue weighted by atomic mass is 10.0. The van der Waals surface area contributed by atoms with E-state index < -0.39 is 51.6 Å². The number of alkyl halides is 9. The van der Waals surface area contributed by atoms with Gasteiger partial charge in [-0.15, -0.1) is 0 Å². The van der Waals surface area contributed by atoms with Crippen LogP contribution in [0.4, 0.5) is 44.3 Å². The van der Waals surface area contributed by atoms with Gasteiger partial charge in [0.05, 0.1) is 6.17 Å². The zero-order valence-corrected chi connectivity index (χ0v) is 14.4. The first kappa shape index (κ1) is 24.7. The van der Waals surface area contributed by atoms with Gasteiger partial charge in [-0.1, -0.05) is 0 Å². The van der Waals surface area contributed by atoms with Crippen molar-refractivity contribution >= 4 is 14.9 Å². The Hall–Kier alpha value is -1.26. The first-order valence-corrected chi connectivity index (χ1v) is 8.23. The van der Waals surface area contributed by atoms with Crippen LogP contribution < -0.4 is 5.32 Å². The minimum atomic E-state index is -7.06. The van der Waals surface area contributed by atoms with Crippen molar-refractivity contribution in [1.29, 1.82) is 0 Å². The molecule has 0 aromatic rings. The molecule has 0 bridgehead atoms. The summed E-state index contributed by atoms with van der Waals surface area (Å²) < 4.78 is 131. The Morgan fingerprint density at radius 3 is 1.62 bits per heavy atom. The number of amides is 1. The number of carbonyl (C=O) groups is 1. The second kappa shape index (κ2) is 8.18. The van der Waals surface area contributed by atoms with Gasteiger partial charge in [0.1, 0.15) is 0 Å². The summed E-state index contributed by atoms with van der Waals surface area (Å²) in [5, 5.41) is 1.71. The highest BCUT2D eigenvalue weighted by Crippen LogP contribution is 2.53. The largest absolute Gasteiger partial charge is 0.520 e. The molecule has 0 saturated carbocycles. The molecule has 156 valence electrons. The predicted molar refractivity (Wildman–Crippen MR) is 67.0 cm³/mol. The molecule has 0 fully saturated rings. The maximum absolute atomic E-state index is 13.2. The van der Waals surface area contributed by atoms with Gasteiger partial charge in [-0.25, -0.2) is 4.79 Å². The maximum atomic E-state index is 13.2. The molecule has 6 nitrogen and oxygen atoms in total. The van der Waals surface area contributed by atoms with E-state index in [1.165, 1.54) is 0 Å². The SMILES string of the molecule is CO[Si](CNC(=O)OCC(F)(F)C(F)(F)C(F)(F)C(F)(F)F)(OC)OC. The Labute approximate surface area is 141 Å².